The molecule has 1 fully saturated rings. The number of hydrogen-bond acceptors (Lipinski definition) is 3. The fraction of sp³-hybridized carbons (Fsp3) is 0.235. The van der Waals surface area contributed by atoms with Crippen molar-refractivity contribution < 1.29 is 9.59 Å². The maximum Gasteiger partial charge on any atom is 0.230 e. The third-order valence-corrected chi connectivity index (χ3v) is 3.73. The van der Waals surface area contributed by atoms with Gasteiger partial charge < -0.3 is 10.2 Å². The third-order valence-electron chi connectivity index (χ3n) is 3.73. The van der Waals surface area contributed by atoms with E-state index in [4.69, 9.17) is 0 Å². The Morgan fingerprint density at radius 2 is 2.14 bits per heavy atom. The van der Waals surface area contributed by atoms with E-state index >= 15 is 0 Å². The molecule has 1 aromatic heterocycles. The van der Waals surface area contributed by atoms with E-state index in [1.165, 1.54) is 0 Å². The van der Waals surface area contributed by atoms with Crippen LogP contribution in [0.3, 0.4) is 0 Å². The lowest BCUT2D eigenvalue weighted by Gasteiger charge is -2.17. The van der Waals surface area contributed by atoms with Crippen LogP contribution in [0.25, 0.3) is 0 Å². The van der Waals surface area contributed by atoms with Crippen LogP contribution in [0, 0.1) is 12.8 Å². The van der Waals surface area contributed by atoms with Gasteiger partial charge in [-0.1, -0.05) is 18.2 Å². The van der Waals surface area contributed by atoms with Crippen molar-refractivity contribution in [1.29, 1.82) is 0 Å². The van der Waals surface area contributed by atoms with Crippen LogP contribution < -0.4 is 10.2 Å². The summed E-state index contributed by atoms with van der Waals surface area (Å²) >= 11 is 0. The van der Waals surface area contributed by atoms with E-state index in [1.807, 2.05) is 37.3 Å². The molecule has 5 nitrogen and oxygen atoms in total. The first kappa shape index (κ1) is 14.3. The molecule has 1 aromatic carbocycles. The topological polar surface area (TPSA) is 62.3 Å². The Balaban J connectivity index is 1.70. The normalized spacial score (nSPS) is 17.6. The molecule has 3 rings (SSSR count). The first-order valence-electron chi connectivity index (χ1n) is 7.22. The Bertz CT molecular complexity index is 700. The quantitative estimate of drug-likeness (QED) is 0.945. The Kier molecular flexibility index (Phi) is 3.87. The third kappa shape index (κ3) is 2.98. The minimum absolute atomic E-state index is 0.0215. The zero-order valence-corrected chi connectivity index (χ0v) is 12.3. The van der Waals surface area contributed by atoms with E-state index in [-0.39, 0.29) is 24.2 Å². The molecule has 0 radical (unpaired) electrons. The van der Waals surface area contributed by atoms with E-state index < -0.39 is 0 Å². The van der Waals surface area contributed by atoms with Gasteiger partial charge in [-0.2, -0.15) is 0 Å². The highest BCUT2D eigenvalue weighted by molar-refractivity contribution is 6.03. The van der Waals surface area contributed by atoms with Gasteiger partial charge in [0.05, 0.1) is 5.92 Å². The number of benzene rings is 1. The summed E-state index contributed by atoms with van der Waals surface area (Å²) in [5.41, 5.74) is 1.94. The standard InChI is InChI=1S/C17H17N3O2/c1-12-5-4-6-14(9-12)20-11-13(10-16(20)21)17(22)19-15-7-2-3-8-18-15/h2-9,13H,10-11H2,1H3,(H,18,19,22)/t13-/m0/s1. The molecule has 1 saturated heterocycles. The average molecular weight is 295 g/mol. The molecule has 1 N–H and O–H groups in total. The Morgan fingerprint density at radius 1 is 1.27 bits per heavy atom. The smallest absolute Gasteiger partial charge is 0.230 e. The van der Waals surface area contributed by atoms with E-state index in [0.29, 0.717) is 12.4 Å². The number of anilines is 2. The van der Waals surface area contributed by atoms with E-state index in [2.05, 4.69) is 10.3 Å². The molecule has 2 heterocycles. The number of hydrogen-bond donors (Lipinski definition) is 1. The summed E-state index contributed by atoms with van der Waals surface area (Å²) in [4.78, 5) is 30.2. The monoisotopic (exact) mass is 295 g/mol. The van der Waals surface area contributed by atoms with Crippen LogP contribution >= 0.6 is 0 Å². The summed E-state index contributed by atoms with van der Waals surface area (Å²) in [6.07, 6.45) is 1.85. The second-order valence-corrected chi connectivity index (χ2v) is 5.45. The number of aryl methyl sites for hydroxylation is 1. The van der Waals surface area contributed by atoms with Gasteiger partial charge in [-0.15, -0.1) is 0 Å². The first-order chi connectivity index (χ1) is 10.6. The lowest BCUT2D eigenvalue weighted by molar-refractivity contribution is -0.122. The molecule has 0 saturated carbocycles. The van der Waals surface area contributed by atoms with E-state index in [1.54, 1.807) is 23.2 Å². The molecule has 1 aliphatic heterocycles. The zero-order chi connectivity index (χ0) is 15.5. The summed E-state index contributed by atoms with van der Waals surface area (Å²) in [6, 6.07) is 13.1. The summed E-state index contributed by atoms with van der Waals surface area (Å²) in [5.74, 6) is -0.0297. The van der Waals surface area contributed by atoms with Crippen molar-refractivity contribution in [2.45, 2.75) is 13.3 Å². The fourth-order valence-electron chi connectivity index (χ4n) is 2.59. The van der Waals surface area contributed by atoms with Crippen molar-refractivity contribution in [3.8, 4) is 0 Å². The number of carbonyl (C=O) groups is 2. The number of aromatic nitrogens is 1. The minimum atomic E-state index is -0.352. The minimum Gasteiger partial charge on any atom is -0.312 e. The van der Waals surface area contributed by atoms with Crippen molar-refractivity contribution in [3.05, 3.63) is 54.2 Å². The van der Waals surface area contributed by atoms with Crippen LogP contribution in [0.5, 0.6) is 0 Å². The first-order valence-corrected chi connectivity index (χ1v) is 7.22. The van der Waals surface area contributed by atoms with Crippen LogP contribution in [0.2, 0.25) is 0 Å². The van der Waals surface area contributed by atoms with Gasteiger partial charge in [0.25, 0.3) is 0 Å². The Labute approximate surface area is 129 Å². The number of carbonyl (C=O) groups excluding carboxylic acids is 2. The molecule has 5 heteroatoms. The van der Waals surface area contributed by atoms with E-state index in [0.717, 1.165) is 11.3 Å². The summed E-state index contributed by atoms with van der Waals surface area (Å²) < 4.78 is 0. The van der Waals surface area contributed by atoms with Crippen LogP contribution in [-0.2, 0) is 9.59 Å². The molecular weight excluding hydrogens is 278 g/mol. The number of rotatable bonds is 3. The molecule has 2 amide bonds. The van der Waals surface area contributed by atoms with Gasteiger partial charge in [0.2, 0.25) is 11.8 Å². The summed E-state index contributed by atoms with van der Waals surface area (Å²) in [5, 5.41) is 2.76. The molecule has 2 aromatic rings. The molecular formula is C17H17N3O2. The van der Waals surface area contributed by atoms with Gasteiger partial charge >= 0.3 is 0 Å². The molecule has 0 aliphatic carbocycles. The van der Waals surface area contributed by atoms with Gasteiger partial charge in [0.1, 0.15) is 5.82 Å². The van der Waals surface area contributed by atoms with Gasteiger partial charge in [-0.25, -0.2) is 4.98 Å². The molecule has 112 valence electrons. The highest BCUT2D eigenvalue weighted by Gasteiger charge is 2.35. The molecule has 0 unspecified atom stereocenters. The Hall–Kier alpha value is -2.69. The highest BCUT2D eigenvalue weighted by Crippen LogP contribution is 2.26. The summed E-state index contributed by atoms with van der Waals surface area (Å²) in [7, 11) is 0. The van der Waals surface area contributed by atoms with Crippen LogP contribution in [-0.4, -0.2) is 23.3 Å². The maximum atomic E-state index is 12.3. The highest BCUT2D eigenvalue weighted by atomic mass is 16.2. The van der Waals surface area contributed by atoms with Crippen molar-refractivity contribution in [3.63, 3.8) is 0 Å². The van der Waals surface area contributed by atoms with Crippen LogP contribution in [0.1, 0.15) is 12.0 Å². The average Bonchev–Trinajstić information content (AvgIpc) is 2.90. The van der Waals surface area contributed by atoms with Gasteiger partial charge in [-0.05, 0) is 36.8 Å². The number of nitrogens with zero attached hydrogens (tertiary/aromatic N) is 2. The number of nitrogens with one attached hydrogen (secondary N) is 1. The Morgan fingerprint density at radius 3 is 2.86 bits per heavy atom. The zero-order valence-electron chi connectivity index (χ0n) is 12.3. The summed E-state index contributed by atoms with van der Waals surface area (Å²) in [6.45, 7) is 2.39. The fourth-order valence-corrected chi connectivity index (χ4v) is 2.59. The predicted octanol–water partition coefficient (Wildman–Crippen LogP) is 2.38. The lowest BCUT2D eigenvalue weighted by atomic mass is 10.1. The van der Waals surface area contributed by atoms with Gasteiger partial charge in [-0.3, -0.25) is 9.59 Å². The molecule has 1 aliphatic rings. The maximum absolute atomic E-state index is 12.3. The lowest BCUT2D eigenvalue weighted by Crippen LogP contribution is -2.28. The largest absolute Gasteiger partial charge is 0.312 e. The SMILES string of the molecule is Cc1cccc(N2C[C@@H](C(=O)Nc3ccccn3)CC2=O)c1. The van der Waals surface area contributed by atoms with E-state index in [9.17, 15) is 9.59 Å². The van der Waals surface area contributed by atoms with Gasteiger partial charge in [0, 0.05) is 24.8 Å². The second-order valence-electron chi connectivity index (χ2n) is 5.45. The van der Waals surface area contributed by atoms with Crippen LogP contribution in [0.15, 0.2) is 48.7 Å². The molecule has 1 atom stereocenters. The van der Waals surface area contributed by atoms with Crippen molar-refractivity contribution in [2.75, 3.05) is 16.8 Å². The number of amides is 2. The molecule has 0 spiro atoms. The van der Waals surface area contributed by atoms with Crippen molar-refractivity contribution in [1.82, 2.24) is 4.98 Å². The van der Waals surface area contributed by atoms with Crippen molar-refractivity contribution in [2.24, 2.45) is 5.92 Å². The van der Waals surface area contributed by atoms with Crippen molar-refractivity contribution >= 4 is 23.3 Å². The van der Waals surface area contributed by atoms with Crippen LogP contribution in [0.4, 0.5) is 11.5 Å². The molecule has 22 heavy (non-hydrogen) atoms. The number of pyridine rings is 1. The predicted molar refractivity (Wildman–Crippen MR) is 84.5 cm³/mol. The second kappa shape index (κ2) is 5.97. The van der Waals surface area contributed by atoms with Gasteiger partial charge in [0.15, 0.2) is 0 Å². The molecule has 0 bridgehead atoms.